The normalized spacial score (nSPS) is 13.0. The molecule has 0 spiro atoms. The molecule has 2 aromatic heterocycles. The van der Waals surface area contributed by atoms with Gasteiger partial charge >= 0.3 is 0 Å². The molecule has 1 atom stereocenters. The Labute approximate surface area is 108 Å². The molecule has 0 saturated heterocycles. The third-order valence-corrected chi connectivity index (χ3v) is 3.23. The lowest BCUT2D eigenvalue weighted by atomic mass is 10.1. The van der Waals surface area contributed by atoms with Crippen LogP contribution in [0.2, 0.25) is 0 Å². The van der Waals surface area contributed by atoms with Crippen LogP contribution in [0, 0.1) is 0 Å². The SMILES string of the molecule is CCCCCC(C)NCc1nnc2ccccn12. The molecular weight excluding hydrogens is 224 g/mol. The van der Waals surface area contributed by atoms with Crippen LogP contribution in [0.25, 0.3) is 5.65 Å². The van der Waals surface area contributed by atoms with Crippen LogP contribution in [0.5, 0.6) is 0 Å². The van der Waals surface area contributed by atoms with Crippen LogP contribution in [0.3, 0.4) is 0 Å². The number of unbranched alkanes of at least 4 members (excludes halogenated alkanes) is 2. The van der Waals surface area contributed by atoms with Gasteiger partial charge < -0.3 is 5.32 Å². The van der Waals surface area contributed by atoms with Gasteiger partial charge in [-0.1, -0.05) is 32.3 Å². The van der Waals surface area contributed by atoms with Crippen molar-refractivity contribution >= 4 is 5.65 Å². The van der Waals surface area contributed by atoms with E-state index in [2.05, 4.69) is 29.4 Å². The Balaban J connectivity index is 1.86. The minimum atomic E-state index is 0.535. The summed E-state index contributed by atoms with van der Waals surface area (Å²) >= 11 is 0. The quantitative estimate of drug-likeness (QED) is 0.764. The molecule has 4 heteroatoms. The number of fused-ring (bicyclic) bond motifs is 1. The summed E-state index contributed by atoms with van der Waals surface area (Å²) in [6, 6.07) is 6.49. The molecule has 4 nitrogen and oxygen atoms in total. The predicted molar refractivity (Wildman–Crippen MR) is 73.4 cm³/mol. The molecule has 2 rings (SSSR count). The third-order valence-electron chi connectivity index (χ3n) is 3.23. The zero-order chi connectivity index (χ0) is 12.8. The van der Waals surface area contributed by atoms with Crippen molar-refractivity contribution in [2.75, 3.05) is 0 Å². The van der Waals surface area contributed by atoms with Crippen LogP contribution in [0.1, 0.15) is 45.4 Å². The zero-order valence-corrected chi connectivity index (χ0v) is 11.3. The van der Waals surface area contributed by atoms with Crippen molar-refractivity contribution in [3.05, 3.63) is 30.2 Å². The standard InChI is InChI=1S/C14H22N4/c1-3-4-5-8-12(2)15-11-14-17-16-13-9-6-7-10-18(13)14/h6-7,9-10,12,15H,3-5,8,11H2,1-2H3. The topological polar surface area (TPSA) is 42.2 Å². The highest BCUT2D eigenvalue weighted by Gasteiger charge is 2.06. The van der Waals surface area contributed by atoms with Crippen LogP contribution < -0.4 is 5.32 Å². The minimum absolute atomic E-state index is 0.535. The van der Waals surface area contributed by atoms with Gasteiger partial charge in [-0.05, 0) is 25.5 Å². The van der Waals surface area contributed by atoms with Crippen molar-refractivity contribution in [2.24, 2.45) is 0 Å². The van der Waals surface area contributed by atoms with E-state index < -0.39 is 0 Å². The first-order valence-corrected chi connectivity index (χ1v) is 6.83. The summed E-state index contributed by atoms with van der Waals surface area (Å²) in [5.41, 5.74) is 0.910. The third kappa shape index (κ3) is 3.29. The van der Waals surface area contributed by atoms with E-state index in [0.29, 0.717) is 6.04 Å². The average molecular weight is 246 g/mol. The molecule has 0 radical (unpaired) electrons. The number of hydrogen-bond acceptors (Lipinski definition) is 3. The lowest BCUT2D eigenvalue weighted by molar-refractivity contribution is 0.479. The zero-order valence-electron chi connectivity index (χ0n) is 11.3. The van der Waals surface area contributed by atoms with E-state index in [-0.39, 0.29) is 0 Å². The molecule has 0 aliphatic rings. The van der Waals surface area contributed by atoms with Crippen molar-refractivity contribution in [1.82, 2.24) is 19.9 Å². The van der Waals surface area contributed by atoms with E-state index in [9.17, 15) is 0 Å². The molecule has 0 fully saturated rings. The molecule has 2 aromatic rings. The van der Waals surface area contributed by atoms with Gasteiger partial charge in [0.1, 0.15) is 0 Å². The monoisotopic (exact) mass is 246 g/mol. The Hall–Kier alpha value is -1.42. The number of pyridine rings is 1. The Bertz CT molecular complexity index is 477. The van der Waals surface area contributed by atoms with Gasteiger partial charge in [0.15, 0.2) is 11.5 Å². The van der Waals surface area contributed by atoms with Gasteiger partial charge in [0.2, 0.25) is 0 Å². The molecular formula is C14H22N4. The van der Waals surface area contributed by atoms with Gasteiger partial charge in [0.05, 0.1) is 6.54 Å². The Morgan fingerprint density at radius 2 is 2.17 bits per heavy atom. The molecule has 0 aliphatic heterocycles. The maximum absolute atomic E-state index is 4.21. The average Bonchev–Trinajstić information content (AvgIpc) is 2.80. The van der Waals surface area contributed by atoms with E-state index in [0.717, 1.165) is 18.0 Å². The van der Waals surface area contributed by atoms with Crippen LogP contribution in [-0.2, 0) is 6.54 Å². The van der Waals surface area contributed by atoms with Crippen LogP contribution in [-0.4, -0.2) is 20.6 Å². The van der Waals surface area contributed by atoms with Gasteiger partial charge in [-0.3, -0.25) is 4.40 Å². The fraction of sp³-hybridized carbons (Fsp3) is 0.571. The summed E-state index contributed by atoms with van der Waals surface area (Å²) in [7, 11) is 0. The first-order valence-electron chi connectivity index (χ1n) is 6.83. The fourth-order valence-electron chi connectivity index (χ4n) is 2.08. The molecule has 0 amide bonds. The summed E-state index contributed by atoms with van der Waals surface area (Å²) in [4.78, 5) is 0. The number of hydrogen-bond donors (Lipinski definition) is 1. The van der Waals surface area contributed by atoms with E-state index >= 15 is 0 Å². The van der Waals surface area contributed by atoms with Crippen molar-refractivity contribution in [1.29, 1.82) is 0 Å². The summed E-state index contributed by atoms with van der Waals surface area (Å²) in [6.45, 7) is 5.25. The van der Waals surface area contributed by atoms with Gasteiger partial charge in [-0.15, -0.1) is 10.2 Å². The Morgan fingerprint density at radius 1 is 1.28 bits per heavy atom. The summed E-state index contributed by atoms with van der Waals surface area (Å²) in [5.74, 6) is 0.980. The number of nitrogens with zero attached hydrogens (tertiary/aromatic N) is 3. The number of aromatic nitrogens is 3. The molecule has 0 saturated carbocycles. The van der Waals surface area contributed by atoms with Crippen molar-refractivity contribution < 1.29 is 0 Å². The number of rotatable bonds is 7. The lowest BCUT2D eigenvalue weighted by Crippen LogP contribution is -2.26. The molecule has 18 heavy (non-hydrogen) atoms. The molecule has 98 valence electrons. The second kappa shape index (κ2) is 6.50. The van der Waals surface area contributed by atoms with Gasteiger partial charge in [-0.2, -0.15) is 0 Å². The van der Waals surface area contributed by atoms with E-state index in [1.807, 2.05) is 28.8 Å². The van der Waals surface area contributed by atoms with Crippen LogP contribution in [0.4, 0.5) is 0 Å². The van der Waals surface area contributed by atoms with Crippen LogP contribution >= 0.6 is 0 Å². The highest BCUT2D eigenvalue weighted by molar-refractivity contribution is 5.36. The second-order valence-electron chi connectivity index (χ2n) is 4.82. The van der Waals surface area contributed by atoms with Crippen molar-refractivity contribution in [2.45, 2.75) is 52.1 Å². The first-order chi connectivity index (χ1) is 8.81. The highest BCUT2D eigenvalue weighted by Crippen LogP contribution is 2.05. The molecule has 2 heterocycles. The van der Waals surface area contributed by atoms with E-state index in [4.69, 9.17) is 0 Å². The molecule has 0 aliphatic carbocycles. The summed E-state index contributed by atoms with van der Waals surface area (Å²) in [5, 5.41) is 11.9. The van der Waals surface area contributed by atoms with E-state index in [1.54, 1.807) is 0 Å². The smallest absolute Gasteiger partial charge is 0.160 e. The molecule has 1 unspecified atom stereocenters. The molecule has 0 aromatic carbocycles. The number of nitrogens with one attached hydrogen (secondary N) is 1. The minimum Gasteiger partial charge on any atom is -0.307 e. The highest BCUT2D eigenvalue weighted by atomic mass is 15.3. The van der Waals surface area contributed by atoms with Crippen LogP contribution in [0.15, 0.2) is 24.4 Å². The summed E-state index contributed by atoms with van der Waals surface area (Å²) in [6.07, 6.45) is 7.13. The Kier molecular flexibility index (Phi) is 4.70. The molecule has 0 bridgehead atoms. The lowest BCUT2D eigenvalue weighted by Gasteiger charge is -2.12. The predicted octanol–water partition coefficient (Wildman–Crippen LogP) is 2.79. The maximum Gasteiger partial charge on any atom is 0.160 e. The van der Waals surface area contributed by atoms with E-state index in [1.165, 1.54) is 25.7 Å². The van der Waals surface area contributed by atoms with Gasteiger partial charge in [-0.25, -0.2) is 0 Å². The largest absolute Gasteiger partial charge is 0.307 e. The first kappa shape index (κ1) is 13.0. The molecule has 1 N–H and O–H groups in total. The van der Waals surface area contributed by atoms with Crippen molar-refractivity contribution in [3.63, 3.8) is 0 Å². The van der Waals surface area contributed by atoms with Crippen molar-refractivity contribution in [3.8, 4) is 0 Å². The Morgan fingerprint density at radius 3 is 3.00 bits per heavy atom. The fourth-order valence-corrected chi connectivity index (χ4v) is 2.08. The maximum atomic E-state index is 4.21. The second-order valence-corrected chi connectivity index (χ2v) is 4.82. The van der Waals surface area contributed by atoms with Gasteiger partial charge in [0.25, 0.3) is 0 Å². The summed E-state index contributed by atoms with van der Waals surface area (Å²) < 4.78 is 2.03. The van der Waals surface area contributed by atoms with Gasteiger partial charge in [0, 0.05) is 12.2 Å².